The highest BCUT2D eigenvalue weighted by molar-refractivity contribution is 5.75. The summed E-state index contributed by atoms with van der Waals surface area (Å²) < 4.78 is 17.3. The maximum Gasteiger partial charge on any atom is 0.310 e. The molecule has 2 saturated heterocycles. The van der Waals surface area contributed by atoms with E-state index in [9.17, 15) is 9.18 Å². The molecule has 2 aliphatic rings. The van der Waals surface area contributed by atoms with Gasteiger partial charge in [0.05, 0.1) is 19.6 Å². The van der Waals surface area contributed by atoms with Crippen LogP contribution in [0.25, 0.3) is 0 Å². The van der Waals surface area contributed by atoms with Gasteiger partial charge in [0.1, 0.15) is 6.67 Å². The molecular formula is C19H22FNO2. The first-order chi connectivity index (χ1) is 11.3. The van der Waals surface area contributed by atoms with Crippen molar-refractivity contribution in [1.82, 2.24) is 4.90 Å². The molecule has 0 radical (unpaired) electrons. The number of hydrogen-bond acceptors (Lipinski definition) is 3. The lowest BCUT2D eigenvalue weighted by molar-refractivity contribution is -0.150. The molecule has 3 rings (SSSR count). The molecule has 0 amide bonds. The van der Waals surface area contributed by atoms with Crippen LogP contribution in [0.3, 0.4) is 0 Å². The third kappa shape index (κ3) is 3.11. The predicted octanol–water partition coefficient (Wildman–Crippen LogP) is 2.77. The fourth-order valence-corrected chi connectivity index (χ4v) is 4.25. The van der Waals surface area contributed by atoms with Crippen LogP contribution < -0.4 is 0 Å². The van der Waals surface area contributed by atoms with Gasteiger partial charge in [0.15, 0.2) is 0 Å². The number of rotatable bonds is 3. The lowest BCUT2D eigenvalue weighted by Gasteiger charge is -2.42. The van der Waals surface area contributed by atoms with Crippen LogP contribution >= 0.6 is 0 Å². The number of esters is 1. The van der Waals surface area contributed by atoms with Gasteiger partial charge in [0.25, 0.3) is 0 Å². The quantitative estimate of drug-likeness (QED) is 0.634. The van der Waals surface area contributed by atoms with Crippen molar-refractivity contribution in [3.8, 4) is 11.8 Å². The highest BCUT2D eigenvalue weighted by Crippen LogP contribution is 2.47. The Hall–Kier alpha value is -1.86. The minimum Gasteiger partial charge on any atom is -0.469 e. The highest BCUT2D eigenvalue weighted by atomic mass is 19.1. The molecule has 4 atom stereocenters. The van der Waals surface area contributed by atoms with Crippen LogP contribution in [-0.4, -0.2) is 43.3 Å². The molecule has 2 aliphatic heterocycles. The molecule has 2 bridgehead atoms. The average Bonchev–Trinajstić information content (AvgIpc) is 2.87. The number of methoxy groups -OCH3 is 1. The molecule has 0 spiro atoms. The first-order valence-electron chi connectivity index (χ1n) is 8.16. The Morgan fingerprint density at radius 1 is 1.30 bits per heavy atom. The fraction of sp³-hybridized carbons (Fsp3) is 0.526. The number of ether oxygens (including phenoxy) is 1. The van der Waals surface area contributed by atoms with Crippen molar-refractivity contribution in [3.63, 3.8) is 0 Å². The minimum absolute atomic E-state index is 0.139. The SMILES string of the molecule is COC(=O)[C@H]1[C@@H](c2ccccc2)C[C@@H]2CC[C@H]1N2CC#CCF. The number of carbonyl (C=O) groups excluding carboxylic acids is 1. The van der Waals surface area contributed by atoms with Crippen LogP contribution in [0, 0.1) is 17.8 Å². The van der Waals surface area contributed by atoms with E-state index in [1.807, 2.05) is 18.2 Å². The van der Waals surface area contributed by atoms with Crippen LogP contribution in [0.4, 0.5) is 4.39 Å². The van der Waals surface area contributed by atoms with Crippen molar-refractivity contribution in [2.45, 2.75) is 37.3 Å². The molecule has 1 aromatic rings. The summed E-state index contributed by atoms with van der Waals surface area (Å²) in [6.45, 7) is -0.0789. The Labute approximate surface area is 136 Å². The van der Waals surface area contributed by atoms with Crippen LogP contribution in [0.2, 0.25) is 0 Å². The molecule has 0 N–H and O–H groups in total. The first-order valence-corrected chi connectivity index (χ1v) is 8.16. The van der Waals surface area contributed by atoms with Gasteiger partial charge in [0, 0.05) is 18.0 Å². The van der Waals surface area contributed by atoms with Gasteiger partial charge in [-0.25, -0.2) is 4.39 Å². The van der Waals surface area contributed by atoms with E-state index in [1.54, 1.807) is 0 Å². The lowest BCUT2D eigenvalue weighted by atomic mass is 9.76. The number of piperidine rings is 1. The zero-order chi connectivity index (χ0) is 16.2. The van der Waals surface area contributed by atoms with Crippen molar-refractivity contribution in [1.29, 1.82) is 0 Å². The first kappa shape index (κ1) is 16.0. The summed E-state index contributed by atoms with van der Waals surface area (Å²) in [5, 5.41) is 0. The lowest BCUT2D eigenvalue weighted by Crippen LogP contribution is -2.51. The van der Waals surface area contributed by atoms with E-state index in [2.05, 4.69) is 28.9 Å². The largest absolute Gasteiger partial charge is 0.469 e. The molecule has 2 heterocycles. The van der Waals surface area contributed by atoms with Gasteiger partial charge < -0.3 is 4.74 Å². The summed E-state index contributed by atoms with van der Waals surface area (Å²) in [5.41, 5.74) is 1.20. The van der Waals surface area contributed by atoms with E-state index >= 15 is 0 Å². The molecule has 4 heteroatoms. The summed E-state index contributed by atoms with van der Waals surface area (Å²) in [7, 11) is 1.46. The van der Waals surface area contributed by atoms with E-state index in [1.165, 1.54) is 12.7 Å². The average molecular weight is 315 g/mol. The van der Waals surface area contributed by atoms with Crippen LogP contribution in [0.15, 0.2) is 30.3 Å². The second kappa shape index (κ2) is 7.14. The minimum atomic E-state index is -0.615. The second-order valence-corrected chi connectivity index (χ2v) is 6.26. The predicted molar refractivity (Wildman–Crippen MR) is 86.6 cm³/mol. The number of benzene rings is 1. The van der Waals surface area contributed by atoms with Gasteiger partial charge in [-0.1, -0.05) is 42.2 Å². The molecule has 1 aromatic carbocycles. The molecule has 0 unspecified atom stereocenters. The third-order valence-electron chi connectivity index (χ3n) is 5.22. The molecule has 23 heavy (non-hydrogen) atoms. The molecule has 0 aromatic heterocycles. The smallest absolute Gasteiger partial charge is 0.310 e. The molecule has 2 fully saturated rings. The standard InChI is InChI=1S/C19H22FNO2/c1-23-19(22)18-16(14-7-3-2-4-8-14)13-15-9-10-17(18)21(15)12-6-5-11-20/h2-4,7-8,15-18H,9-13H2,1H3/t15-,16+,17+,18-/m0/s1. The van der Waals surface area contributed by atoms with E-state index in [0.29, 0.717) is 12.6 Å². The highest BCUT2D eigenvalue weighted by Gasteiger charge is 2.50. The monoisotopic (exact) mass is 315 g/mol. The van der Waals surface area contributed by atoms with Crippen molar-refractivity contribution in [2.24, 2.45) is 5.92 Å². The van der Waals surface area contributed by atoms with E-state index in [-0.39, 0.29) is 23.8 Å². The molecule has 122 valence electrons. The van der Waals surface area contributed by atoms with Gasteiger partial charge in [-0.2, -0.15) is 0 Å². The number of halogens is 1. The maximum absolute atomic E-state index is 12.5. The molecule has 0 saturated carbocycles. The Balaban J connectivity index is 1.88. The van der Waals surface area contributed by atoms with Crippen molar-refractivity contribution in [2.75, 3.05) is 20.3 Å². The number of fused-ring (bicyclic) bond motifs is 2. The molecule has 0 aliphatic carbocycles. The Morgan fingerprint density at radius 2 is 2.09 bits per heavy atom. The summed E-state index contributed by atoms with van der Waals surface area (Å²) in [6, 6.07) is 10.8. The fourth-order valence-electron chi connectivity index (χ4n) is 4.25. The van der Waals surface area contributed by atoms with Gasteiger partial charge in [-0.05, 0) is 24.8 Å². The van der Waals surface area contributed by atoms with Gasteiger partial charge in [-0.15, -0.1) is 0 Å². The zero-order valence-corrected chi connectivity index (χ0v) is 13.4. The van der Waals surface area contributed by atoms with Crippen molar-refractivity contribution >= 4 is 5.97 Å². The van der Waals surface area contributed by atoms with Crippen LogP contribution in [0.1, 0.15) is 30.7 Å². The number of nitrogens with zero attached hydrogens (tertiary/aromatic N) is 1. The van der Waals surface area contributed by atoms with Crippen molar-refractivity contribution < 1.29 is 13.9 Å². The third-order valence-corrected chi connectivity index (χ3v) is 5.22. The Morgan fingerprint density at radius 3 is 2.78 bits per heavy atom. The number of alkyl halides is 1. The summed E-state index contributed by atoms with van der Waals surface area (Å²) >= 11 is 0. The Bertz CT molecular complexity index is 607. The van der Waals surface area contributed by atoms with Crippen LogP contribution in [0.5, 0.6) is 0 Å². The maximum atomic E-state index is 12.5. The van der Waals surface area contributed by atoms with E-state index < -0.39 is 6.67 Å². The summed E-state index contributed by atoms with van der Waals surface area (Å²) in [4.78, 5) is 14.8. The topological polar surface area (TPSA) is 29.5 Å². The summed E-state index contributed by atoms with van der Waals surface area (Å²) in [6.07, 6.45) is 2.97. The Kier molecular flexibility index (Phi) is 4.97. The number of hydrogen-bond donors (Lipinski definition) is 0. The second-order valence-electron chi connectivity index (χ2n) is 6.26. The normalized spacial score (nSPS) is 29.7. The van der Waals surface area contributed by atoms with E-state index in [4.69, 9.17) is 4.74 Å². The molecule has 3 nitrogen and oxygen atoms in total. The van der Waals surface area contributed by atoms with E-state index in [0.717, 1.165) is 19.3 Å². The van der Waals surface area contributed by atoms with Gasteiger partial charge in [0.2, 0.25) is 0 Å². The van der Waals surface area contributed by atoms with Crippen molar-refractivity contribution in [3.05, 3.63) is 35.9 Å². The zero-order valence-electron chi connectivity index (χ0n) is 13.4. The van der Waals surface area contributed by atoms with Gasteiger partial charge in [-0.3, -0.25) is 9.69 Å². The molecular weight excluding hydrogens is 293 g/mol. The van der Waals surface area contributed by atoms with Gasteiger partial charge >= 0.3 is 5.97 Å². The summed E-state index contributed by atoms with van der Waals surface area (Å²) in [5.74, 6) is 5.25. The number of carbonyl (C=O) groups is 1. The van der Waals surface area contributed by atoms with Crippen LogP contribution in [-0.2, 0) is 9.53 Å².